The van der Waals surface area contributed by atoms with Crippen LogP contribution in [0, 0.1) is 13.8 Å². The van der Waals surface area contributed by atoms with E-state index in [4.69, 9.17) is 9.15 Å². The van der Waals surface area contributed by atoms with Crippen molar-refractivity contribution in [3.63, 3.8) is 0 Å². The molecule has 0 saturated carbocycles. The van der Waals surface area contributed by atoms with Gasteiger partial charge in [-0.2, -0.15) is 0 Å². The van der Waals surface area contributed by atoms with Gasteiger partial charge in [0, 0.05) is 12.2 Å². The van der Waals surface area contributed by atoms with Crippen LogP contribution in [0.3, 0.4) is 0 Å². The van der Waals surface area contributed by atoms with Gasteiger partial charge < -0.3 is 9.15 Å². The van der Waals surface area contributed by atoms with Crippen molar-refractivity contribution in [2.75, 3.05) is 6.61 Å². The van der Waals surface area contributed by atoms with Crippen LogP contribution in [0.4, 0.5) is 0 Å². The highest BCUT2D eigenvalue weighted by atomic mass is 16.5. The minimum absolute atomic E-state index is 0.0165. The van der Waals surface area contributed by atoms with Gasteiger partial charge in [-0.15, -0.1) is 10.2 Å². The van der Waals surface area contributed by atoms with Crippen molar-refractivity contribution in [1.29, 1.82) is 0 Å². The smallest absolute Gasteiger partial charge is 0.247 e. The molecule has 1 aromatic carbocycles. The second kappa shape index (κ2) is 4.53. The molecule has 0 aliphatic carbocycles. The Morgan fingerprint density at radius 3 is 2.56 bits per heavy atom. The van der Waals surface area contributed by atoms with Gasteiger partial charge in [0.05, 0.1) is 0 Å². The lowest BCUT2D eigenvalue weighted by atomic mass is 10.1. The lowest BCUT2D eigenvalue weighted by Crippen LogP contribution is -1.95. The van der Waals surface area contributed by atoms with Gasteiger partial charge >= 0.3 is 0 Å². The molecule has 2 aromatic rings. The molecule has 0 amide bonds. The summed E-state index contributed by atoms with van der Waals surface area (Å²) in [6.07, 6.45) is 2.01. The molecular weight excluding hydrogens is 228 g/mol. The predicted octanol–water partition coefficient (Wildman–Crippen LogP) is 3.20. The SMILES string of the molecule is Cc1cc(C)cc(-c2nnc([C@@H]3CCCO3)o2)c1. The third kappa shape index (κ3) is 2.16. The van der Waals surface area contributed by atoms with Gasteiger partial charge in [-0.1, -0.05) is 17.2 Å². The van der Waals surface area contributed by atoms with Crippen LogP contribution in [-0.2, 0) is 4.74 Å². The standard InChI is InChI=1S/C14H16N2O2/c1-9-6-10(2)8-11(7-9)13-15-16-14(18-13)12-4-3-5-17-12/h6-8,12H,3-5H2,1-2H3/t12-/m0/s1. The summed E-state index contributed by atoms with van der Waals surface area (Å²) in [5.74, 6) is 1.17. The molecule has 94 valence electrons. The van der Waals surface area contributed by atoms with Crippen molar-refractivity contribution in [2.45, 2.75) is 32.8 Å². The average Bonchev–Trinajstić information content (AvgIpc) is 2.99. The third-order valence-corrected chi connectivity index (χ3v) is 3.11. The highest BCUT2D eigenvalue weighted by Gasteiger charge is 2.23. The first-order valence-corrected chi connectivity index (χ1v) is 6.26. The second-order valence-corrected chi connectivity index (χ2v) is 4.82. The second-order valence-electron chi connectivity index (χ2n) is 4.82. The number of hydrogen-bond donors (Lipinski definition) is 0. The Bertz CT molecular complexity index is 536. The normalized spacial score (nSPS) is 19.3. The number of benzene rings is 1. The van der Waals surface area contributed by atoms with Crippen molar-refractivity contribution < 1.29 is 9.15 Å². The number of hydrogen-bond acceptors (Lipinski definition) is 4. The van der Waals surface area contributed by atoms with Crippen molar-refractivity contribution in [2.24, 2.45) is 0 Å². The Hall–Kier alpha value is -1.68. The zero-order valence-electron chi connectivity index (χ0n) is 10.6. The van der Waals surface area contributed by atoms with Gasteiger partial charge in [0.1, 0.15) is 6.10 Å². The first kappa shape index (κ1) is 11.4. The van der Waals surface area contributed by atoms with Crippen LogP contribution in [0.15, 0.2) is 22.6 Å². The monoisotopic (exact) mass is 244 g/mol. The Morgan fingerprint density at radius 1 is 1.11 bits per heavy atom. The van der Waals surface area contributed by atoms with Crippen molar-refractivity contribution in [1.82, 2.24) is 10.2 Å². The van der Waals surface area contributed by atoms with Gasteiger partial charge in [0.2, 0.25) is 11.8 Å². The van der Waals surface area contributed by atoms with E-state index >= 15 is 0 Å². The number of ether oxygens (including phenoxy) is 1. The van der Waals surface area contributed by atoms with E-state index in [1.165, 1.54) is 11.1 Å². The number of nitrogens with zero attached hydrogens (tertiary/aromatic N) is 2. The Kier molecular flexibility index (Phi) is 2.88. The molecule has 1 aliphatic heterocycles. The van der Waals surface area contributed by atoms with Gasteiger partial charge in [0.25, 0.3) is 0 Å². The van der Waals surface area contributed by atoms with E-state index in [1.54, 1.807) is 0 Å². The average molecular weight is 244 g/mol. The van der Waals surface area contributed by atoms with E-state index in [2.05, 4.69) is 42.2 Å². The molecule has 0 radical (unpaired) electrons. The Labute approximate surface area is 106 Å². The lowest BCUT2D eigenvalue weighted by Gasteiger charge is -2.02. The van der Waals surface area contributed by atoms with E-state index in [1.807, 2.05) is 0 Å². The molecule has 0 unspecified atom stereocenters. The topological polar surface area (TPSA) is 48.2 Å². The molecule has 0 bridgehead atoms. The summed E-state index contributed by atoms with van der Waals surface area (Å²) in [4.78, 5) is 0. The molecule has 1 fully saturated rings. The Balaban J connectivity index is 1.92. The summed E-state index contributed by atoms with van der Waals surface area (Å²) < 4.78 is 11.3. The van der Waals surface area contributed by atoms with Crippen LogP contribution in [0.25, 0.3) is 11.5 Å². The summed E-state index contributed by atoms with van der Waals surface area (Å²) in [6, 6.07) is 6.24. The fourth-order valence-electron chi connectivity index (χ4n) is 2.35. The van der Waals surface area contributed by atoms with E-state index < -0.39 is 0 Å². The molecule has 2 heterocycles. The minimum Gasteiger partial charge on any atom is -0.418 e. The molecule has 0 spiro atoms. The third-order valence-electron chi connectivity index (χ3n) is 3.11. The van der Waals surface area contributed by atoms with E-state index in [0.29, 0.717) is 11.8 Å². The fraction of sp³-hybridized carbons (Fsp3) is 0.429. The molecule has 4 heteroatoms. The molecule has 18 heavy (non-hydrogen) atoms. The number of aromatic nitrogens is 2. The van der Waals surface area contributed by atoms with Crippen LogP contribution in [0.5, 0.6) is 0 Å². The summed E-state index contributed by atoms with van der Waals surface area (Å²) in [7, 11) is 0. The fourth-order valence-corrected chi connectivity index (χ4v) is 2.35. The van der Waals surface area contributed by atoms with Crippen molar-refractivity contribution in [3.05, 3.63) is 35.2 Å². The van der Waals surface area contributed by atoms with Crippen LogP contribution in [0.1, 0.15) is 36.0 Å². The van der Waals surface area contributed by atoms with Crippen molar-refractivity contribution >= 4 is 0 Å². The summed E-state index contributed by atoms with van der Waals surface area (Å²) in [6.45, 7) is 4.91. The maximum atomic E-state index is 5.72. The predicted molar refractivity (Wildman–Crippen MR) is 67.1 cm³/mol. The molecule has 1 aliphatic rings. The van der Waals surface area contributed by atoms with E-state index in [-0.39, 0.29) is 6.10 Å². The molecule has 0 N–H and O–H groups in total. The van der Waals surface area contributed by atoms with Crippen molar-refractivity contribution in [3.8, 4) is 11.5 Å². The zero-order valence-corrected chi connectivity index (χ0v) is 10.6. The number of rotatable bonds is 2. The highest BCUT2D eigenvalue weighted by Crippen LogP contribution is 2.29. The summed E-state index contributed by atoms with van der Waals surface area (Å²) in [5.41, 5.74) is 3.37. The van der Waals surface area contributed by atoms with Crippen LogP contribution in [-0.4, -0.2) is 16.8 Å². The maximum absolute atomic E-state index is 5.72. The molecule has 1 aromatic heterocycles. The largest absolute Gasteiger partial charge is 0.418 e. The van der Waals surface area contributed by atoms with Gasteiger partial charge in [0.15, 0.2) is 0 Å². The molecule has 1 atom stereocenters. The van der Waals surface area contributed by atoms with Gasteiger partial charge in [-0.05, 0) is 38.8 Å². The first-order chi connectivity index (χ1) is 8.72. The molecule has 4 nitrogen and oxygen atoms in total. The molecule has 3 rings (SSSR count). The Morgan fingerprint density at radius 2 is 1.89 bits per heavy atom. The van der Waals surface area contributed by atoms with Crippen LogP contribution >= 0.6 is 0 Å². The minimum atomic E-state index is -0.0165. The quantitative estimate of drug-likeness (QED) is 0.813. The molecule has 1 saturated heterocycles. The maximum Gasteiger partial charge on any atom is 0.247 e. The van der Waals surface area contributed by atoms with Gasteiger partial charge in [-0.25, -0.2) is 0 Å². The van der Waals surface area contributed by atoms with E-state index in [0.717, 1.165) is 25.0 Å². The summed E-state index contributed by atoms with van der Waals surface area (Å²) >= 11 is 0. The van der Waals surface area contributed by atoms with E-state index in [9.17, 15) is 0 Å². The van der Waals surface area contributed by atoms with Crippen LogP contribution in [0.2, 0.25) is 0 Å². The van der Waals surface area contributed by atoms with Crippen LogP contribution < -0.4 is 0 Å². The van der Waals surface area contributed by atoms with Gasteiger partial charge in [-0.3, -0.25) is 0 Å². The number of aryl methyl sites for hydroxylation is 2. The zero-order chi connectivity index (χ0) is 12.5. The first-order valence-electron chi connectivity index (χ1n) is 6.26. The highest BCUT2D eigenvalue weighted by molar-refractivity contribution is 5.55. The molecular formula is C14H16N2O2. The summed E-state index contributed by atoms with van der Waals surface area (Å²) in [5, 5.41) is 8.21. The lowest BCUT2D eigenvalue weighted by molar-refractivity contribution is 0.0896.